The number of amides is 1. The monoisotopic (exact) mass is 318 g/mol. The second-order valence-electron chi connectivity index (χ2n) is 6.50. The van der Waals surface area contributed by atoms with Crippen molar-refractivity contribution in [1.82, 2.24) is 4.90 Å². The van der Waals surface area contributed by atoms with Gasteiger partial charge in [0.2, 0.25) is 5.91 Å². The zero-order chi connectivity index (χ0) is 15.5. The maximum absolute atomic E-state index is 13.2. The second kappa shape index (κ2) is 7.05. The number of nitrogens with zero attached hydrogens (tertiary/aromatic N) is 1. The minimum atomic E-state index is 0.145. The second-order valence-corrected chi connectivity index (χ2v) is 7.98. The van der Waals surface area contributed by atoms with E-state index in [0.717, 1.165) is 31.6 Å². The minimum Gasteiger partial charge on any atom is -0.333 e. The van der Waals surface area contributed by atoms with Gasteiger partial charge < -0.3 is 10.6 Å². The zero-order valence-electron chi connectivity index (χ0n) is 13.3. The van der Waals surface area contributed by atoms with Gasteiger partial charge in [0.05, 0.1) is 6.04 Å². The lowest BCUT2D eigenvalue weighted by molar-refractivity contribution is -0.139. The van der Waals surface area contributed by atoms with Crippen molar-refractivity contribution in [3.05, 3.63) is 35.9 Å². The van der Waals surface area contributed by atoms with E-state index in [2.05, 4.69) is 36.1 Å². The van der Waals surface area contributed by atoms with E-state index in [-0.39, 0.29) is 12.0 Å². The van der Waals surface area contributed by atoms with Crippen LogP contribution in [0, 0.1) is 11.8 Å². The van der Waals surface area contributed by atoms with E-state index in [1.54, 1.807) is 0 Å². The molecule has 0 radical (unpaired) electrons. The molecule has 22 heavy (non-hydrogen) atoms. The van der Waals surface area contributed by atoms with Crippen molar-refractivity contribution in [1.29, 1.82) is 0 Å². The molecule has 0 aromatic heterocycles. The number of carbonyl (C=O) groups is 1. The van der Waals surface area contributed by atoms with Crippen LogP contribution in [0.3, 0.4) is 0 Å². The summed E-state index contributed by atoms with van der Waals surface area (Å²) in [4.78, 5) is 15.3. The maximum atomic E-state index is 13.2. The van der Waals surface area contributed by atoms with Crippen LogP contribution in [0.25, 0.3) is 0 Å². The van der Waals surface area contributed by atoms with Crippen LogP contribution in [0.5, 0.6) is 0 Å². The number of benzene rings is 1. The SMILES string of the molecule is CC1SCCN(C(=O)[C@@H]2CCC[C@@H]2CN)C1c1ccccc1. The van der Waals surface area contributed by atoms with Crippen LogP contribution >= 0.6 is 11.8 Å². The summed E-state index contributed by atoms with van der Waals surface area (Å²) in [5.41, 5.74) is 7.15. The fraction of sp³-hybridized carbons (Fsp3) is 0.611. The molecular weight excluding hydrogens is 292 g/mol. The molecule has 120 valence electrons. The van der Waals surface area contributed by atoms with Crippen molar-refractivity contribution >= 4 is 17.7 Å². The highest BCUT2D eigenvalue weighted by atomic mass is 32.2. The molecule has 3 nitrogen and oxygen atoms in total. The first kappa shape index (κ1) is 15.9. The standard InChI is InChI=1S/C18H26N2OS/c1-13-17(14-6-3-2-4-7-14)20(10-11-22-13)18(21)16-9-5-8-15(16)12-19/h2-4,6-7,13,15-17H,5,8-12,19H2,1H3/t13?,15-,16-,17?/m1/s1. The Hall–Kier alpha value is -1.00. The number of hydrogen-bond donors (Lipinski definition) is 1. The fourth-order valence-corrected chi connectivity index (χ4v) is 5.19. The van der Waals surface area contributed by atoms with Crippen LogP contribution < -0.4 is 5.73 Å². The summed E-state index contributed by atoms with van der Waals surface area (Å²) in [7, 11) is 0. The molecule has 1 amide bonds. The van der Waals surface area contributed by atoms with Crippen LogP contribution in [0.4, 0.5) is 0 Å². The summed E-state index contributed by atoms with van der Waals surface area (Å²) in [6.07, 6.45) is 3.27. The number of hydrogen-bond acceptors (Lipinski definition) is 3. The molecule has 3 rings (SSSR count). The smallest absolute Gasteiger partial charge is 0.226 e. The van der Waals surface area contributed by atoms with E-state index in [0.29, 0.717) is 23.6 Å². The molecule has 2 N–H and O–H groups in total. The average molecular weight is 318 g/mol. The highest BCUT2D eigenvalue weighted by Gasteiger charge is 2.40. The Labute approximate surface area is 137 Å². The van der Waals surface area contributed by atoms with Crippen LogP contribution in [0.1, 0.15) is 37.8 Å². The Balaban J connectivity index is 1.84. The summed E-state index contributed by atoms with van der Waals surface area (Å²) in [5, 5.41) is 0.442. The van der Waals surface area contributed by atoms with Crippen molar-refractivity contribution in [3.8, 4) is 0 Å². The molecule has 1 saturated carbocycles. The number of nitrogens with two attached hydrogens (primary N) is 1. The zero-order valence-corrected chi connectivity index (χ0v) is 14.1. The van der Waals surface area contributed by atoms with Gasteiger partial charge in [-0.1, -0.05) is 43.7 Å². The lowest BCUT2D eigenvalue weighted by Crippen LogP contribution is -2.47. The van der Waals surface area contributed by atoms with E-state index in [1.807, 2.05) is 17.8 Å². The molecule has 1 saturated heterocycles. The third-order valence-electron chi connectivity index (χ3n) is 5.20. The summed E-state index contributed by atoms with van der Waals surface area (Å²) in [6.45, 7) is 3.75. The molecule has 1 aliphatic carbocycles. The van der Waals surface area contributed by atoms with Gasteiger partial charge in [-0.3, -0.25) is 4.79 Å². The third-order valence-corrected chi connectivity index (χ3v) is 6.40. The quantitative estimate of drug-likeness (QED) is 0.931. The molecule has 1 heterocycles. The predicted molar refractivity (Wildman–Crippen MR) is 92.7 cm³/mol. The topological polar surface area (TPSA) is 46.3 Å². The lowest BCUT2D eigenvalue weighted by atomic mass is 9.92. The Morgan fingerprint density at radius 2 is 2.09 bits per heavy atom. The van der Waals surface area contributed by atoms with Crippen LogP contribution in [0.2, 0.25) is 0 Å². The molecule has 2 fully saturated rings. The largest absolute Gasteiger partial charge is 0.333 e. The van der Waals surface area contributed by atoms with Gasteiger partial charge >= 0.3 is 0 Å². The normalized spacial score (nSPS) is 32.2. The Kier molecular flexibility index (Phi) is 5.09. The van der Waals surface area contributed by atoms with Crippen LogP contribution in [-0.4, -0.2) is 34.9 Å². The van der Waals surface area contributed by atoms with E-state index < -0.39 is 0 Å². The average Bonchev–Trinajstić information content (AvgIpc) is 3.03. The molecule has 1 aromatic rings. The molecule has 4 atom stereocenters. The van der Waals surface area contributed by atoms with E-state index >= 15 is 0 Å². The van der Waals surface area contributed by atoms with E-state index in [1.165, 1.54) is 5.56 Å². The predicted octanol–water partition coefficient (Wildman–Crippen LogP) is 3.07. The maximum Gasteiger partial charge on any atom is 0.226 e. The Morgan fingerprint density at radius 1 is 1.32 bits per heavy atom. The molecule has 1 aromatic carbocycles. The van der Waals surface area contributed by atoms with Gasteiger partial charge in [-0.15, -0.1) is 0 Å². The fourth-order valence-electron chi connectivity index (χ4n) is 4.03. The molecule has 2 aliphatic rings. The Bertz CT molecular complexity index is 507. The molecular formula is C18H26N2OS. The minimum absolute atomic E-state index is 0.145. The molecule has 2 unspecified atom stereocenters. The summed E-state index contributed by atoms with van der Waals surface area (Å²) < 4.78 is 0. The van der Waals surface area contributed by atoms with Gasteiger partial charge in [0.25, 0.3) is 0 Å². The van der Waals surface area contributed by atoms with Crippen molar-refractivity contribution in [2.24, 2.45) is 17.6 Å². The first-order chi connectivity index (χ1) is 10.7. The van der Waals surface area contributed by atoms with Crippen LogP contribution in [-0.2, 0) is 4.79 Å². The van der Waals surface area contributed by atoms with Crippen molar-refractivity contribution in [2.75, 3.05) is 18.8 Å². The van der Waals surface area contributed by atoms with Gasteiger partial charge in [-0.2, -0.15) is 11.8 Å². The molecule has 0 bridgehead atoms. The van der Waals surface area contributed by atoms with Crippen molar-refractivity contribution in [3.63, 3.8) is 0 Å². The molecule has 0 spiro atoms. The third kappa shape index (κ3) is 3.04. The van der Waals surface area contributed by atoms with Gasteiger partial charge in [0.1, 0.15) is 0 Å². The van der Waals surface area contributed by atoms with Gasteiger partial charge in [0.15, 0.2) is 0 Å². The summed E-state index contributed by atoms with van der Waals surface area (Å²) in [5.74, 6) is 1.91. The number of rotatable bonds is 3. The van der Waals surface area contributed by atoms with E-state index in [9.17, 15) is 4.79 Å². The Morgan fingerprint density at radius 3 is 2.82 bits per heavy atom. The first-order valence-electron chi connectivity index (χ1n) is 8.39. The van der Waals surface area contributed by atoms with Crippen molar-refractivity contribution in [2.45, 2.75) is 37.5 Å². The van der Waals surface area contributed by atoms with Crippen LogP contribution in [0.15, 0.2) is 30.3 Å². The van der Waals surface area contributed by atoms with Gasteiger partial charge in [0, 0.05) is 23.5 Å². The summed E-state index contributed by atoms with van der Waals surface area (Å²) in [6, 6.07) is 10.7. The summed E-state index contributed by atoms with van der Waals surface area (Å²) >= 11 is 1.97. The van der Waals surface area contributed by atoms with Crippen molar-refractivity contribution < 1.29 is 4.79 Å². The molecule has 1 aliphatic heterocycles. The highest BCUT2D eigenvalue weighted by molar-refractivity contribution is 8.00. The van der Waals surface area contributed by atoms with Gasteiger partial charge in [-0.05, 0) is 30.9 Å². The lowest BCUT2D eigenvalue weighted by Gasteiger charge is -2.41. The highest BCUT2D eigenvalue weighted by Crippen LogP contribution is 2.40. The van der Waals surface area contributed by atoms with Gasteiger partial charge in [-0.25, -0.2) is 0 Å². The number of carbonyl (C=O) groups excluding carboxylic acids is 1. The van der Waals surface area contributed by atoms with E-state index in [4.69, 9.17) is 5.73 Å². The first-order valence-corrected chi connectivity index (χ1v) is 9.44. The number of thioether (sulfide) groups is 1. The molecule has 4 heteroatoms.